The molecule has 19 heavy (non-hydrogen) atoms. The van der Waals surface area contributed by atoms with E-state index in [4.69, 9.17) is 4.52 Å². The van der Waals surface area contributed by atoms with Crippen molar-refractivity contribution in [1.82, 2.24) is 5.16 Å². The molecule has 0 radical (unpaired) electrons. The number of carbonyl (C=O) groups is 1. The van der Waals surface area contributed by atoms with E-state index >= 15 is 0 Å². The molecule has 2 aromatic rings. The maximum atomic E-state index is 12.2. The number of rotatable bonds is 3. The molecule has 4 heteroatoms. The van der Waals surface area contributed by atoms with Crippen LogP contribution in [0.5, 0.6) is 0 Å². The number of hydrogen-bond acceptors (Lipinski definition) is 3. The Morgan fingerprint density at radius 2 is 2.05 bits per heavy atom. The molecule has 0 saturated carbocycles. The predicted octanol–water partition coefficient (Wildman–Crippen LogP) is 3.67. The number of nitrogens with zero attached hydrogens (tertiary/aromatic N) is 1. The molecule has 100 valence electrons. The van der Waals surface area contributed by atoms with Gasteiger partial charge in [-0.05, 0) is 30.9 Å². The zero-order valence-corrected chi connectivity index (χ0v) is 11.7. The minimum atomic E-state index is -0.185. The second kappa shape index (κ2) is 5.26. The van der Waals surface area contributed by atoms with E-state index < -0.39 is 0 Å². The molecule has 2 rings (SSSR count). The van der Waals surface area contributed by atoms with Crippen LogP contribution in [0.1, 0.15) is 46.9 Å². The molecule has 0 saturated heterocycles. The molecule has 0 fully saturated rings. The Balaban J connectivity index is 2.34. The second-order valence-electron chi connectivity index (χ2n) is 4.96. The molecule has 4 nitrogen and oxygen atoms in total. The van der Waals surface area contributed by atoms with E-state index in [2.05, 4.69) is 24.3 Å². The van der Waals surface area contributed by atoms with Gasteiger partial charge in [-0.25, -0.2) is 0 Å². The lowest BCUT2D eigenvalue weighted by atomic mass is 9.98. The van der Waals surface area contributed by atoms with Gasteiger partial charge in [-0.15, -0.1) is 0 Å². The predicted molar refractivity (Wildman–Crippen MR) is 74.5 cm³/mol. The highest BCUT2D eigenvalue weighted by atomic mass is 16.5. The van der Waals surface area contributed by atoms with Gasteiger partial charge in [0.1, 0.15) is 11.8 Å². The molecule has 0 aliphatic rings. The highest BCUT2D eigenvalue weighted by molar-refractivity contribution is 6.05. The van der Waals surface area contributed by atoms with Crippen LogP contribution in [0.15, 0.2) is 29.0 Å². The first-order chi connectivity index (χ1) is 9.00. The average molecular weight is 258 g/mol. The third kappa shape index (κ3) is 2.67. The van der Waals surface area contributed by atoms with Gasteiger partial charge in [-0.1, -0.05) is 37.2 Å². The van der Waals surface area contributed by atoms with E-state index in [9.17, 15) is 4.79 Å². The molecular weight excluding hydrogens is 240 g/mol. The highest BCUT2D eigenvalue weighted by Gasteiger charge is 2.16. The van der Waals surface area contributed by atoms with Crippen molar-refractivity contribution in [3.8, 4) is 0 Å². The third-order valence-electron chi connectivity index (χ3n) is 3.16. The Labute approximate surface area is 112 Å². The molecular formula is C15H18N2O2. The summed E-state index contributed by atoms with van der Waals surface area (Å²) in [7, 11) is 0. The van der Waals surface area contributed by atoms with Crippen LogP contribution in [0.4, 0.5) is 5.69 Å². The van der Waals surface area contributed by atoms with Crippen LogP contribution in [0, 0.1) is 13.8 Å². The Morgan fingerprint density at radius 1 is 1.32 bits per heavy atom. The van der Waals surface area contributed by atoms with Gasteiger partial charge in [-0.3, -0.25) is 4.79 Å². The number of aryl methyl sites for hydroxylation is 2. The lowest BCUT2D eigenvalue weighted by Crippen LogP contribution is -2.15. The van der Waals surface area contributed by atoms with E-state index in [1.165, 1.54) is 6.26 Å². The fourth-order valence-corrected chi connectivity index (χ4v) is 2.03. The van der Waals surface area contributed by atoms with Crippen LogP contribution in [-0.2, 0) is 0 Å². The van der Waals surface area contributed by atoms with Gasteiger partial charge in [0.2, 0.25) is 0 Å². The van der Waals surface area contributed by atoms with Crippen molar-refractivity contribution < 1.29 is 9.32 Å². The monoisotopic (exact) mass is 258 g/mol. The molecule has 1 N–H and O–H groups in total. The summed E-state index contributed by atoms with van der Waals surface area (Å²) in [6.07, 6.45) is 1.37. The van der Waals surface area contributed by atoms with Crippen molar-refractivity contribution in [2.24, 2.45) is 0 Å². The smallest absolute Gasteiger partial charge is 0.260 e. The quantitative estimate of drug-likeness (QED) is 0.913. The summed E-state index contributed by atoms with van der Waals surface area (Å²) in [5, 5.41) is 6.69. The number of amides is 1. The minimum absolute atomic E-state index is 0.185. The SMILES string of the molecule is Cc1cccc(C(C)C)c1NC(=O)c1conc1C. The molecule has 0 spiro atoms. The van der Waals surface area contributed by atoms with Gasteiger partial charge in [0.25, 0.3) is 5.91 Å². The standard InChI is InChI=1S/C15H18N2O2/c1-9(2)12-7-5-6-10(3)14(12)16-15(18)13-8-19-17-11(13)4/h5-9H,1-4H3,(H,16,18). The van der Waals surface area contributed by atoms with Gasteiger partial charge >= 0.3 is 0 Å². The van der Waals surface area contributed by atoms with Gasteiger partial charge in [0.05, 0.1) is 5.69 Å². The third-order valence-corrected chi connectivity index (χ3v) is 3.16. The lowest BCUT2D eigenvalue weighted by Gasteiger charge is -2.16. The summed E-state index contributed by atoms with van der Waals surface area (Å²) in [6.45, 7) is 7.95. The Kier molecular flexibility index (Phi) is 3.69. The molecule has 0 unspecified atom stereocenters. The molecule has 0 atom stereocenters. The summed E-state index contributed by atoms with van der Waals surface area (Å²) in [5.74, 6) is 0.161. The number of hydrogen-bond donors (Lipinski definition) is 1. The summed E-state index contributed by atoms with van der Waals surface area (Å²) >= 11 is 0. The first-order valence-electron chi connectivity index (χ1n) is 6.32. The zero-order chi connectivity index (χ0) is 14.0. The Bertz CT molecular complexity index is 600. The van der Waals surface area contributed by atoms with Crippen LogP contribution >= 0.6 is 0 Å². The number of anilines is 1. The van der Waals surface area contributed by atoms with Gasteiger partial charge < -0.3 is 9.84 Å². The minimum Gasteiger partial charge on any atom is -0.364 e. The number of nitrogens with one attached hydrogen (secondary N) is 1. The molecule has 1 aromatic carbocycles. The van der Waals surface area contributed by atoms with Crippen molar-refractivity contribution in [3.63, 3.8) is 0 Å². The second-order valence-corrected chi connectivity index (χ2v) is 4.96. The number of benzene rings is 1. The molecule has 0 bridgehead atoms. The maximum absolute atomic E-state index is 12.2. The molecule has 0 aliphatic heterocycles. The van der Waals surface area contributed by atoms with Crippen LogP contribution < -0.4 is 5.32 Å². The van der Waals surface area contributed by atoms with Gasteiger partial charge in [-0.2, -0.15) is 0 Å². The van der Waals surface area contributed by atoms with Crippen molar-refractivity contribution in [2.75, 3.05) is 5.32 Å². The number of carbonyl (C=O) groups excluding carboxylic acids is 1. The molecule has 1 aromatic heterocycles. The van der Waals surface area contributed by atoms with E-state index in [1.807, 2.05) is 25.1 Å². The number of para-hydroxylation sites is 1. The van der Waals surface area contributed by atoms with E-state index in [0.29, 0.717) is 17.2 Å². The molecule has 1 heterocycles. The van der Waals surface area contributed by atoms with E-state index in [-0.39, 0.29) is 5.91 Å². The van der Waals surface area contributed by atoms with Crippen molar-refractivity contribution >= 4 is 11.6 Å². The fourth-order valence-electron chi connectivity index (χ4n) is 2.03. The molecule has 0 aliphatic carbocycles. The highest BCUT2D eigenvalue weighted by Crippen LogP contribution is 2.28. The Hall–Kier alpha value is -2.10. The van der Waals surface area contributed by atoms with Gasteiger partial charge in [0.15, 0.2) is 0 Å². The maximum Gasteiger partial charge on any atom is 0.260 e. The van der Waals surface area contributed by atoms with Crippen molar-refractivity contribution in [1.29, 1.82) is 0 Å². The van der Waals surface area contributed by atoms with E-state index in [1.54, 1.807) is 6.92 Å². The number of aromatic nitrogens is 1. The van der Waals surface area contributed by atoms with E-state index in [0.717, 1.165) is 16.8 Å². The largest absolute Gasteiger partial charge is 0.364 e. The first kappa shape index (κ1) is 13.3. The van der Waals surface area contributed by atoms with Crippen LogP contribution in [-0.4, -0.2) is 11.1 Å². The summed E-state index contributed by atoms with van der Waals surface area (Å²) < 4.78 is 4.80. The van der Waals surface area contributed by atoms with Crippen LogP contribution in [0.3, 0.4) is 0 Å². The van der Waals surface area contributed by atoms with Gasteiger partial charge in [0, 0.05) is 5.69 Å². The Morgan fingerprint density at radius 3 is 2.63 bits per heavy atom. The van der Waals surface area contributed by atoms with Crippen LogP contribution in [0.2, 0.25) is 0 Å². The molecule has 1 amide bonds. The fraction of sp³-hybridized carbons (Fsp3) is 0.333. The van der Waals surface area contributed by atoms with Crippen molar-refractivity contribution in [3.05, 3.63) is 46.8 Å². The topological polar surface area (TPSA) is 55.1 Å². The summed E-state index contributed by atoms with van der Waals surface area (Å²) in [5.41, 5.74) is 4.12. The summed E-state index contributed by atoms with van der Waals surface area (Å²) in [4.78, 5) is 12.2. The average Bonchev–Trinajstić information content (AvgIpc) is 2.77. The first-order valence-corrected chi connectivity index (χ1v) is 6.32. The summed E-state index contributed by atoms with van der Waals surface area (Å²) in [6, 6.07) is 6.03. The van der Waals surface area contributed by atoms with Crippen molar-refractivity contribution in [2.45, 2.75) is 33.6 Å². The lowest BCUT2D eigenvalue weighted by molar-refractivity contribution is 0.102. The zero-order valence-electron chi connectivity index (χ0n) is 11.7. The van der Waals surface area contributed by atoms with Crippen LogP contribution in [0.25, 0.3) is 0 Å². The normalized spacial score (nSPS) is 10.8.